The lowest BCUT2D eigenvalue weighted by Crippen LogP contribution is -2.28. The Balaban J connectivity index is 2.89. The third kappa shape index (κ3) is 1.52. The lowest BCUT2D eigenvalue weighted by Gasteiger charge is -2.34. The van der Waals surface area contributed by atoms with Crippen LogP contribution in [0.2, 0.25) is 0 Å². The van der Waals surface area contributed by atoms with Gasteiger partial charge in [0.25, 0.3) is 0 Å². The van der Waals surface area contributed by atoms with Gasteiger partial charge in [-0.3, -0.25) is 0 Å². The van der Waals surface area contributed by atoms with Crippen molar-refractivity contribution in [2.24, 2.45) is 11.3 Å². The van der Waals surface area contributed by atoms with Crippen LogP contribution in [0.1, 0.15) is 33.6 Å². The molecule has 0 fully saturated rings. The summed E-state index contributed by atoms with van der Waals surface area (Å²) in [5, 5.41) is 0. The molecule has 1 heteroatoms. The maximum Gasteiger partial charge on any atom is 0.127 e. The van der Waals surface area contributed by atoms with Crippen molar-refractivity contribution in [3.05, 3.63) is 11.6 Å². The minimum atomic E-state index is 0.149. The van der Waals surface area contributed by atoms with Crippen LogP contribution in [0.3, 0.4) is 0 Å². The second-order valence-corrected chi connectivity index (χ2v) is 4.09. The summed E-state index contributed by atoms with van der Waals surface area (Å²) in [6, 6.07) is 0. The highest BCUT2D eigenvalue weighted by molar-refractivity contribution is 5.60. The topological polar surface area (TPSA) is 17.1 Å². The fourth-order valence-corrected chi connectivity index (χ4v) is 1.86. The Morgan fingerprint density at radius 1 is 1.64 bits per heavy atom. The second kappa shape index (κ2) is 2.80. The van der Waals surface area contributed by atoms with Gasteiger partial charge in [-0.25, -0.2) is 0 Å². The molecule has 0 aromatic heterocycles. The first-order valence-electron chi connectivity index (χ1n) is 4.20. The molecule has 0 saturated heterocycles. The molecule has 0 radical (unpaired) electrons. The number of allylic oxidation sites excluding steroid dienone is 2. The zero-order valence-electron chi connectivity index (χ0n) is 7.55. The molecule has 1 aliphatic carbocycles. The van der Waals surface area contributed by atoms with Crippen molar-refractivity contribution < 1.29 is 4.79 Å². The van der Waals surface area contributed by atoms with Crippen LogP contribution >= 0.6 is 0 Å². The molecule has 0 unspecified atom stereocenters. The van der Waals surface area contributed by atoms with Crippen LogP contribution in [0.5, 0.6) is 0 Å². The van der Waals surface area contributed by atoms with Crippen molar-refractivity contribution in [1.82, 2.24) is 0 Å². The van der Waals surface area contributed by atoms with Gasteiger partial charge in [0.05, 0.1) is 0 Å². The quantitative estimate of drug-likeness (QED) is 0.417. The maximum absolute atomic E-state index is 10.7. The Morgan fingerprint density at radius 3 is 2.64 bits per heavy atom. The summed E-state index contributed by atoms with van der Waals surface area (Å²) in [7, 11) is 0. The average molecular weight is 152 g/mol. The summed E-state index contributed by atoms with van der Waals surface area (Å²) in [6.45, 7) is 6.39. The largest absolute Gasteiger partial charge is 0.303 e. The number of carbonyl (C=O) groups is 1. The van der Waals surface area contributed by atoms with E-state index in [1.54, 1.807) is 0 Å². The minimum Gasteiger partial charge on any atom is -0.303 e. The van der Waals surface area contributed by atoms with Crippen LogP contribution in [-0.2, 0) is 4.79 Å². The van der Waals surface area contributed by atoms with E-state index in [0.29, 0.717) is 0 Å². The van der Waals surface area contributed by atoms with Gasteiger partial charge in [-0.05, 0) is 25.2 Å². The minimum absolute atomic E-state index is 0.149. The molecule has 0 saturated carbocycles. The smallest absolute Gasteiger partial charge is 0.127 e. The molecule has 0 amide bonds. The summed E-state index contributed by atoms with van der Waals surface area (Å²) in [4.78, 5) is 10.7. The van der Waals surface area contributed by atoms with Crippen molar-refractivity contribution in [3.8, 4) is 0 Å². The maximum atomic E-state index is 10.7. The predicted molar refractivity (Wildman–Crippen MR) is 46.3 cm³/mol. The fourth-order valence-electron chi connectivity index (χ4n) is 1.86. The lowest BCUT2D eigenvalue weighted by molar-refractivity contribution is -0.113. The number of hydrogen-bond acceptors (Lipinski definition) is 1. The van der Waals surface area contributed by atoms with Crippen molar-refractivity contribution in [3.63, 3.8) is 0 Å². The molecule has 1 nitrogen and oxygen atoms in total. The van der Waals surface area contributed by atoms with E-state index in [0.717, 1.165) is 19.1 Å². The predicted octanol–water partition coefficient (Wildman–Crippen LogP) is 2.57. The van der Waals surface area contributed by atoms with Gasteiger partial charge >= 0.3 is 0 Å². The van der Waals surface area contributed by atoms with E-state index in [-0.39, 0.29) is 11.3 Å². The standard InChI is InChI=1S/C10H16O/c1-8-5-4-6-10(2,3)9(8)7-11/h5,7,9H,4,6H2,1-3H3/t9-/m1/s1. The van der Waals surface area contributed by atoms with Gasteiger partial charge in [-0.15, -0.1) is 0 Å². The Morgan fingerprint density at radius 2 is 2.27 bits per heavy atom. The van der Waals surface area contributed by atoms with Gasteiger partial charge in [0.1, 0.15) is 6.29 Å². The number of carbonyl (C=O) groups excluding carboxylic acids is 1. The first kappa shape index (κ1) is 8.51. The molecule has 0 bridgehead atoms. The molecule has 62 valence electrons. The van der Waals surface area contributed by atoms with E-state index in [9.17, 15) is 4.79 Å². The third-order valence-electron chi connectivity index (χ3n) is 2.72. The van der Waals surface area contributed by atoms with Crippen molar-refractivity contribution in [1.29, 1.82) is 0 Å². The van der Waals surface area contributed by atoms with Crippen molar-refractivity contribution in [2.45, 2.75) is 33.6 Å². The van der Waals surface area contributed by atoms with Gasteiger partial charge in [-0.1, -0.05) is 25.5 Å². The zero-order valence-corrected chi connectivity index (χ0v) is 7.55. The van der Waals surface area contributed by atoms with Gasteiger partial charge in [0.15, 0.2) is 0 Å². The molecule has 1 aliphatic rings. The second-order valence-electron chi connectivity index (χ2n) is 4.09. The average Bonchev–Trinajstić information content (AvgIpc) is 1.86. The van der Waals surface area contributed by atoms with Crippen molar-refractivity contribution in [2.75, 3.05) is 0 Å². The van der Waals surface area contributed by atoms with Crippen LogP contribution in [-0.4, -0.2) is 6.29 Å². The summed E-state index contributed by atoms with van der Waals surface area (Å²) in [5.41, 5.74) is 1.43. The van der Waals surface area contributed by atoms with Crippen molar-refractivity contribution >= 4 is 6.29 Å². The Bertz CT molecular complexity index is 189. The molecule has 0 spiro atoms. The van der Waals surface area contributed by atoms with E-state index in [1.165, 1.54) is 5.57 Å². The molecule has 1 rings (SSSR count). The van der Waals surface area contributed by atoms with Gasteiger partial charge in [-0.2, -0.15) is 0 Å². The Hall–Kier alpha value is -0.590. The fraction of sp³-hybridized carbons (Fsp3) is 0.700. The van der Waals surface area contributed by atoms with Crippen LogP contribution < -0.4 is 0 Å². The van der Waals surface area contributed by atoms with Gasteiger partial charge in [0, 0.05) is 5.92 Å². The molecule has 0 aliphatic heterocycles. The van der Waals surface area contributed by atoms with Crippen LogP contribution in [0.25, 0.3) is 0 Å². The lowest BCUT2D eigenvalue weighted by atomic mass is 9.69. The van der Waals surface area contributed by atoms with Gasteiger partial charge in [0.2, 0.25) is 0 Å². The van der Waals surface area contributed by atoms with Gasteiger partial charge < -0.3 is 4.79 Å². The van der Waals surface area contributed by atoms with E-state index in [4.69, 9.17) is 0 Å². The SMILES string of the molecule is CC1=CCCC(C)(C)[C@@H]1C=O. The normalized spacial score (nSPS) is 29.4. The summed E-state index contributed by atoms with van der Waals surface area (Å²) in [5.74, 6) is 0.149. The Kier molecular flexibility index (Phi) is 2.17. The monoisotopic (exact) mass is 152 g/mol. The molecule has 0 N–H and O–H groups in total. The zero-order chi connectivity index (χ0) is 8.48. The molecule has 0 heterocycles. The highest BCUT2D eigenvalue weighted by atomic mass is 16.1. The summed E-state index contributed by atoms with van der Waals surface area (Å²) >= 11 is 0. The number of aldehydes is 1. The highest BCUT2D eigenvalue weighted by Gasteiger charge is 2.32. The van der Waals surface area contributed by atoms with Crippen LogP contribution in [0.15, 0.2) is 11.6 Å². The van der Waals surface area contributed by atoms with E-state index in [2.05, 4.69) is 26.8 Å². The van der Waals surface area contributed by atoms with E-state index in [1.807, 2.05) is 0 Å². The van der Waals surface area contributed by atoms with Crippen LogP contribution in [0, 0.1) is 11.3 Å². The first-order chi connectivity index (χ1) is 5.08. The molecular formula is C10H16O. The molecule has 0 aromatic carbocycles. The number of rotatable bonds is 1. The molecule has 11 heavy (non-hydrogen) atoms. The third-order valence-corrected chi connectivity index (χ3v) is 2.72. The molecule has 1 atom stereocenters. The summed E-state index contributed by atoms with van der Waals surface area (Å²) in [6.07, 6.45) is 5.53. The van der Waals surface area contributed by atoms with Crippen LogP contribution in [0.4, 0.5) is 0 Å². The summed E-state index contributed by atoms with van der Waals surface area (Å²) < 4.78 is 0. The van der Waals surface area contributed by atoms with E-state index < -0.39 is 0 Å². The molecule has 0 aromatic rings. The Labute approximate surface area is 68.5 Å². The van der Waals surface area contributed by atoms with E-state index >= 15 is 0 Å². The molecular weight excluding hydrogens is 136 g/mol. The highest BCUT2D eigenvalue weighted by Crippen LogP contribution is 2.39. The first-order valence-corrected chi connectivity index (χ1v) is 4.20. The number of hydrogen-bond donors (Lipinski definition) is 0.